The third kappa shape index (κ3) is 2.52. The van der Waals surface area contributed by atoms with Gasteiger partial charge in [-0.05, 0) is 23.8 Å². The van der Waals surface area contributed by atoms with Crippen LogP contribution >= 0.6 is 0 Å². The van der Waals surface area contributed by atoms with E-state index in [1.54, 1.807) is 6.08 Å². The van der Waals surface area contributed by atoms with Crippen LogP contribution in [-0.2, 0) is 0 Å². The Bertz CT molecular complexity index is 638. The summed E-state index contributed by atoms with van der Waals surface area (Å²) < 4.78 is 0. The minimum absolute atomic E-state index is 0.0690. The number of benzene rings is 1. The molecule has 5 heteroatoms. The molecule has 0 radical (unpaired) electrons. The number of hydrogen-bond acceptors (Lipinski definition) is 4. The van der Waals surface area contributed by atoms with Crippen molar-refractivity contribution in [2.75, 3.05) is 0 Å². The Hall–Kier alpha value is -2.69. The first-order valence-corrected chi connectivity index (χ1v) is 5.18. The lowest BCUT2D eigenvalue weighted by Gasteiger charge is -1.99. The fourth-order valence-corrected chi connectivity index (χ4v) is 1.51. The van der Waals surface area contributed by atoms with Gasteiger partial charge in [-0.2, -0.15) is 0 Å². The molecule has 0 amide bonds. The molecule has 2 aromatic rings. The number of phenols is 2. The van der Waals surface area contributed by atoms with Crippen LogP contribution in [0.15, 0.2) is 35.3 Å². The van der Waals surface area contributed by atoms with Crippen molar-refractivity contribution in [1.29, 1.82) is 0 Å². The molecule has 4 N–H and O–H groups in total. The summed E-state index contributed by atoms with van der Waals surface area (Å²) in [6.45, 7) is 0. The van der Waals surface area contributed by atoms with Crippen LogP contribution in [0.4, 0.5) is 0 Å². The standard InChI is InChI=1S/C13H11NO4/c15-9-5-8(6-10(16)7-9)1-2-11-13(18)12(17)3-4-14-11/h1-7,15-16,18H,(H,14,17)/b2-1+. The number of aromatic amines is 1. The second-order valence-electron chi connectivity index (χ2n) is 3.72. The van der Waals surface area contributed by atoms with E-state index >= 15 is 0 Å². The lowest BCUT2D eigenvalue weighted by molar-refractivity contribution is 0.450. The number of nitrogens with one attached hydrogen (secondary N) is 1. The van der Waals surface area contributed by atoms with Gasteiger partial charge in [-0.3, -0.25) is 4.79 Å². The second kappa shape index (κ2) is 4.67. The Morgan fingerprint density at radius 2 is 1.67 bits per heavy atom. The summed E-state index contributed by atoms with van der Waals surface area (Å²) in [5.41, 5.74) is 0.314. The van der Waals surface area contributed by atoms with Gasteiger partial charge in [0, 0.05) is 18.3 Å². The molecule has 0 fully saturated rings. The smallest absolute Gasteiger partial charge is 0.223 e. The topological polar surface area (TPSA) is 93.6 Å². The molecule has 1 heterocycles. The van der Waals surface area contributed by atoms with Crippen molar-refractivity contribution >= 4 is 12.2 Å². The molecule has 18 heavy (non-hydrogen) atoms. The van der Waals surface area contributed by atoms with Crippen molar-refractivity contribution in [3.63, 3.8) is 0 Å². The molecular formula is C13H11NO4. The van der Waals surface area contributed by atoms with Crippen LogP contribution in [0, 0.1) is 0 Å². The van der Waals surface area contributed by atoms with Crippen LogP contribution in [0.5, 0.6) is 17.2 Å². The number of aromatic hydroxyl groups is 3. The molecule has 0 saturated heterocycles. The lowest BCUT2D eigenvalue weighted by atomic mass is 10.1. The van der Waals surface area contributed by atoms with Gasteiger partial charge in [0.2, 0.25) is 5.43 Å². The average Bonchev–Trinajstić information content (AvgIpc) is 2.30. The molecule has 5 nitrogen and oxygen atoms in total. The second-order valence-corrected chi connectivity index (χ2v) is 3.72. The minimum atomic E-state index is -0.479. The van der Waals surface area contributed by atoms with Crippen LogP contribution in [0.3, 0.4) is 0 Å². The Morgan fingerprint density at radius 1 is 1.00 bits per heavy atom. The molecule has 0 saturated carbocycles. The van der Waals surface area contributed by atoms with Gasteiger partial charge in [-0.1, -0.05) is 6.08 Å². The van der Waals surface area contributed by atoms with Crippen LogP contribution in [-0.4, -0.2) is 20.3 Å². The summed E-state index contributed by atoms with van der Waals surface area (Å²) >= 11 is 0. The molecule has 0 bridgehead atoms. The molecule has 2 rings (SSSR count). The molecule has 0 aliphatic rings. The van der Waals surface area contributed by atoms with Gasteiger partial charge in [0.15, 0.2) is 5.75 Å². The predicted molar refractivity (Wildman–Crippen MR) is 67.4 cm³/mol. The maximum atomic E-state index is 11.2. The SMILES string of the molecule is O=c1cc[nH]c(/C=C/c2cc(O)cc(O)c2)c1O. The molecule has 92 valence electrons. The minimum Gasteiger partial charge on any atom is -0.508 e. The summed E-state index contributed by atoms with van der Waals surface area (Å²) in [5, 5.41) is 28.1. The summed E-state index contributed by atoms with van der Waals surface area (Å²) in [5.74, 6) is -0.515. The number of rotatable bonds is 2. The molecule has 1 aromatic heterocycles. The zero-order valence-electron chi connectivity index (χ0n) is 9.29. The number of hydrogen-bond donors (Lipinski definition) is 4. The average molecular weight is 245 g/mol. The zero-order chi connectivity index (χ0) is 13.1. The highest BCUT2D eigenvalue weighted by molar-refractivity contribution is 5.71. The van der Waals surface area contributed by atoms with E-state index in [4.69, 9.17) is 0 Å². The van der Waals surface area contributed by atoms with Crippen molar-refractivity contribution in [2.24, 2.45) is 0 Å². The summed E-state index contributed by atoms with van der Waals surface area (Å²) in [4.78, 5) is 13.9. The fourth-order valence-electron chi connectivity index (χ4n) is 1.51. The Morgan fingerprint density at radius 3 is 2.33 bits per heavy atom. The maximum Gasteiger partial charge on any atom is 0.223 e. The van der Waals surface area contributed by atoms with E-state index in [-0.39, 0.29) is 22.9 Å². The van der Waals surface area contributed by atoms with Gasteiger partial charge in [-0.25, -0.2) is 0 Å². The quantitative estimate of drug-likeness (QED) is 0.647. The first-order chi connectivity index (χ1) is 8.56. The maximum absolute atomic E-state index is 11.2. The Labute approximate surface area is 102 Å². The van der Waals surface area contributed by atoms with Gasteiger partial charge < -0.3 is 20.3 Å². The van der Waals surface area contributed by atoms with E-state index in [1.165, 1.54) is 36.5 Å². The first kappa shape index (κ1) is 11.8. The van der Waals surface area contributed by atoms with E-state index in [9.17, 15) is 20.1 Å². The van der Waals surface area contributed by atoms with Crippen molar-refractivity contribution in [1.82, 2.24) is 4.98 Å². The van der Waals surface area contributed by atoms with E-state index in [0.29, 0.717) is 5.56 Å². The number of phenolic OH excluding ortho intramolecular Hbond substituents is 2. The first-order valence-electron chi connectivity index (χ1n) is 5.18. The molecular weight excluding hydrogens is 234 g/mol. The summed E-state index contributed by atoms with van der Waals surface area (Å²) in [7, 11) is 0. The highest BCUT2D eigenvalue weighted by Gasteiger charge is 2.01. The summed E-state index contributed by atoms with van der Waals surface area (Å²) in [6, 6.07) is 5.30. The molecule has 1 aromatic carbocycles. The van der Waals surface area contributed by atoms with E-state index in [0.717, 1.165) is 0 Å². The highest BCUT2D eigenvalue weighted by Crippen LogP contribution is 2.22. The van der Waals surface area contributed by atoms with Gasteiger partial charge in [0.05, 0.1) is 5.69 Å². The molecule has 0 aliphatic heterocycles. The predicted octanol–water partition coefficient (Wildman–Crippen LogP) is 1.66. The zero-order valence-corrected chi connectivity index (χ0v) is 9.29. The molecule has 0 aliphatic carbocycles. The largest absolute Gasteiger partial charge is 0.508 e. The molecule has 0 atom stereocenters. The monoisotopic (exact) mass is 245 g/mol. The summed E-state index contributed by atoms with van der Waals surface area (Å²) in [6.07, 6.45) is 4.44. The van der Waals surface area contributed by atoms with Crippen LogP contribution in [0.2, 0.25) is 0 Å². The number of H-pyrrole nitrogens is 1. The van der Waals surface area contributed by atoms with Gasteiger partial charge in [0.25, 0.3) is 0 Å². The van der Waals surface area contributed by atoms with Gasteiger partial charge in [0.1, 0.15) is 11.5 Å². The Balaban J connectivity index is 2.36. The van der Waals surface area contributed by atoms with E-state index in [1.807, 2.05) is 0 Å². The highest BCUT2D eigenvalue weighted by atomic mass is 16.3. The van der Waals surface area contributed by atoms with Crippen LogP contribution in [0.25, 0.3) is 12.2 Å². The van der Waals surface area contributed by atoms with Gasteiger partial charge >= 0.3 is 0 Å². The normalized spacial score (nSPS) is 10.9. The van der Waals surface area contributed by atoms with Crippen molar-refractivity contribution in [2.45, 2.75) is 0 Å². The number of aromatic nitrogens is 1. The van der Waals surface area contributed by atoms with E-state index < -0.39 is 5.43 Å². The third-order valence-corrected chi connectivity index (χ3v) is 2.33. The van der Waals surface area contributed by atoms with E-state index in [2.05, 4.69) is 4.98 Å². The van der Waals surface area contributed by atoms with Crippen LogP contribution < -0.4 is 5.43 Å². The third-order valence-electron chi connectivity index (χ3n) is 2.33. The van der Waals surface area contributed by atoms with Crippen molar-refractivity contribution in [3.8, 4) is 17.2 Å². The molecule has 0 spiro atoms. The Kier molecular flexibility index (Phi) is 3.05. The van der Waals surface area contributed by atoms with Crippen molar-refractivity contribution < 1.29 is 15.3 Å². The van der Waals surface area contributed by atoms with Crippen LogP contribution in [0.1, 0.15) is 11.3 Å². The van der Waals surface area contributed by atoms with Crippen molar-refractivity contribution in [3.05, 3.63) is 51.9 Å². The molecule has 0 unspecified atom stereocenters. The fraction of sp³-hybridized carbons (Fsp3) is 0. The lowest BCUT2D eigenvalue weighted by Crippen LogP contribution is -2.00. The van der Waals surface area contributed by atoms with Gasteiger partial charge in [-0.15, -0.1) is 0 Å². The number of pyridine rings is 1.